The average Bonchev–Trinajstić information content (AvgIpc) is 2.89. The molecular formula is C29H29N5O6. The standard InChI is InChI=1S/C29H29N5O6/c1-29(2,3)34-15-23(40-28(36)37)24(35)20-9-7-16(12-21(20)34)6-8-18-10-17(13-22(38-4)25(18)39-5)11-19-14-32-27(31)33-26(19)30/h7,9-10,12-15H,11H2,1-5H3,(H,36,37)(H4,30,31,32,33). The van der Waals surface area contributed by atoms with Gasteiger partial charge in [0, 0.05) is 34.7 Å². The minimum absolute atomic E-state index is 0.0954. The van der Waals surface area contributed by atoms with Crippen LogP contribution in [0.3, 0.4) is 0 Å². The van der Waals surface area contributed by atoms with Crippen LogP contribution >= 0.6 is 0 Å². The second-order valence-corrected chi connectivity index (χ2v) is 9.91. The molecule has 0 amide bonds. The van der Waals surface area contributed by atoms with Crippen molar-refractivity contribution in [2.24, 2.45) is 0 Å². The largest absolute Gasteiger partial charge is 0.511 e. The zero-order chi connectivity index (χ0) is 29.2. The monoisotopic (exact) mass is 543 g/mol. The van der Waals surface area contributed by atoms with Gasteiger partial charge in [0.15, 0.2) is 17.2 Å². The Labute approximate surface area is 230 Å². The van der Waals surface area contributed by atoms with Crippen molar-refractivity contribution in [2.75, 3.05) is 25.7 Å². The van der Waals surface area contributed by atoms with Crippen LogP contribution in [0.2, 0.25) is 0 Å². The molecule has 0 aliphatic heterocycles. The number of methoxy groups -OCH3 is 2. The van der Waals surface area contributed by atoms with Gasteiger partial charge in [-0.3, -0.25) is 4.79 Å². The van der Waals surface area contributed by atoms with Gasteiger partial charge in [-0.15, -0.1) is 0 Å². The molecule has 0 atom stereocenters. The zero-order valence-corrected chi connectivity index (χ0v) is 22.7. The van der Waals surface area contributed by atoms with Crippen LogP contribution in [0.15, 0.2) is 47.5 Å². The molecule has 4 rings (SSSR count). The average molecular weight is 544 g/mol. The Bertz CT molecular complexity index is 1740. The summed E-state index contributed by atoms with van der Waals surface area (Å²) in [6.45, 7) is 5.80. The number of carboxylic acid groups (broad SMARTS) is 1. The van der Waals surface area contributed by atoms with Gasteiger partial charge < -0.3 is 35.4 Å². The lowest BCUT2D eigenvalue weighted by atomic mass is 10.0. The summed E-state index contributed by atoms with van der Waals surface area (Å²) in [5.41, 5.74) is 13.9. The van der Waals surface area contributed by atoms with Crippen LogP contribution < -0.4 is 31.1 Å². The number of nitrogens with two attached hydrogens (primary N) is 2. The highest BCUT2D eigenvalue weighted by molar-refractivity contribution is 5.83. The number of nitrogens with zero attached hydrogens (tertiary/aromatic N) is 3. The maximum atomic E-state index is 12.9. The molecular weight excluding hydrogens is 514 g/mol. The maximum absolute atomic E-state index is 12.9. The smallest absolute Gasteiger partial charge is 0.493 e. The molecule has 11 nitrogen and oxygen atoms in total. The van der Waals surface area contributed by atoms with E-state index in [1.165, 1.54) is 20.4 Å². The third-order valence-corrected chi connectivity index (χ3v) is 6.08. The number of fused-ring (bicyclic) bond motifs is 1. The van der Waals surface area contributed by atoms with Crippen molar-refractivity contribution in [3.63, 3.8) is 0 Å². The highest BCUT2D eigenvalue weighted by atomic mass is 16.7. The molecule has 206 valence electrons. The molecule has 2 aromatic heterocycles. The summed E-state index contributed by atoms with van der Waals surface area (Å²) in [6, 6.07) is 8.77. The van der Waals surface area contributed by atoms with E-state index in [2.05, 4.69) is 21.8 Å². The fourth-order valence-corrected chi connectivity index (χ4v) is 4.25. The molecule has 40 heavy (non-hydrogen) atoms. The third kappa shape index (κ3) is 5.76. The second kappa shape index (κ2) is 10.9. The summed E-state index contributed by atoms with van der Waals surface area (Å²) in [5, 5.41) is 9.37. The van der Waals surface area contributed by atoms with Gasteiger partial charge in [0.05, 0.1) is 31.5 Å². The lowest BCUT2D eigenvalue weighted by Crippen LogP contribution is -2.26. The summed E-state index contributed by atoms with van der Waals surface area (Å²) in [5.74, 6) is 7.36. The number of hydrogen-bond acceptors (Lipinski definition) is 9. The van der Waals surface area contributed by atoms with Crippen LogP contribution in [-0.4, -0.2) is 40.0 Å². The minimum Gasteiger partial charge on any atom is -0.493 e. The predicted molar refractivity (Wildman–Crippen MR) is 151 cm³/mol. The number of carbonyl (C=O) groups is 1. The van der Waals surface area contributed by atoms with E-state index in [0.29, 0.717) is 45.5 Å². The quantitative estimate of drug-likeness (QED) is 0.249. The molecule has 0 radical (unpaired) electrons. The van der Waals surface area contributed by atoms with Gasteiger partial charge in [0.25, 0.3) is 0 Å². The van der Waals surface area contributed by atoms with E-state index < -0.39 is 17.1 Å². The molecule has 0 aliphatic carbocycles. The Balaban J connectivity index is 1.82. The molecule has 2 heterocycles. The van der Waals surface area contributed by atoms with Crippen molar-refractivity contribution in [3.8, 4) is 29.1 Å². The number of anilines is 2. The van der Waals surface area contributed by atoms with E-state index in [1.807, 2.05) is 32.9 Å². The van der Waals surface area contributed by atoms with Crippen molar-refractivity contribution in [2.45, 2.75) is 32.7 Å². The van der Waals surface area contributed by atoms with Gasteiger partial charge in [0.1, 0.15) is 5.82 Å². The number of aromatic nitrogens is 3. The Morgan fingerprint density at radius 1 is 1.07 bits per heavy atom. The normalized spacial score (nSPS) is 11.0. The second-order valence-electron chi connectivity index (χ2n) is 9.91. The van der Waals surface area contributed by atoms with Crippen LogP contribution in [0.4, 0.5) is 16.6 Å². The van der Waals surface area contributed by atoms with Gasteiger partial charge in [0.2, 0.25) is 11.4 Å². The topological polar surface area (TPSA) is 165 Å². The van der Waals surface area contributed by atoms with Crippen molar-refractivity contribution in [3.05, 3.63) is 75.2 Å². The molecule has 0 unspecified atom stereocenters. The van der Waals surface area contributed by atoms with Crippen LogP contribution in [0.5, 0.6) is 17.2 Å². The Kier molecular flexibility index (Phi) is 7.54. The molecule has 0 aliphatic rings. The fraction of sp³-hybridized carbons (Fsp3) is 0.241. The van der Waals surface area contributed by atoms with Crippen LogP contribution in [0.1, 0.15) is 43.0 Å². The van der Waals surface area contributed by atoms with E-state index >= 15 is 0 Å². The molecule has 5 N–H and O–H groups in total. The van der Waals surface area contributed by atoms with E-state index in [4.69, 9.17) is 30.8 Å². The fourth-order valence-electron chi connectivity index (χ4n) is 4.25. The zero-order valence-electron chi connectivity index (χ0n) is 22.7. The first kappa shape index (κ1) is 27.8. The van der Waals surface area contributed by atoms with Gasteiger partial charge in [-0.1, -0.05) is 11.8 Å². The van der Waals surface area contributed by atoms with Gasteiger partial charge >= 0.3 is 6.16 Å². The van der Waals surface area contributed by atoms with Gasteiger partial charge in [-0.05, 0) is 56.7 Å². The lowest BCUT2D eigenvalue weighted by Gasteiger charge is -2.26. The molecule has 0 bridgehead atoms. The van der Waals surface area contributed by atoms with Crippen LogP contribution in [0.25, 0.3) is 10.9 Å². The van der Waals surface area contributed by atoms with Crippen LogP contribution in [-0.2, 0) is 12.0 Å². The number of ether oxygens (including phenoxy) is 3. The predicted octanol–water partition coefficient (Wildman–Crippen LogP) is 3.78. The van der Waals surface area contributed by atoms with Crippen molar-refractivity contribution in [1.29, 1.82) is 0 Å². The highest BCUT2D eigenvalue weighted by Crippen LogP contribution is 2.33. The first-order valence-corrected chi connectivity index (χ1v) is 12.2. The van der Waals surface area contributed by atoms with E-state index in [-0.39, 0.29) is 17.5 Å². The molecule has 0 saturated heterocycles. The molecule has 11 heteroatoms. The SMILES string of the molecule is COc1cc(Cc2cnc(N)nc2N)cc(C#Cc2ccc3c(=O)c(OC(=O)O)cn(C(C)(C)C)c3c2)c1OC. The van der Waals surface area contributed by atoms with E-state index in [1.54, 1.807) is 29.0 Å². The molecule has 2 aromatic carbocycles. The minimum atomic E-state index is -1.56. The number of benzene rings is 2. The Hall–Kier alpha value is -5.24. The molecule has 4 aromatic rings. The number of rotatable bonds is 5. The maximum Gasteiger partial charge on any atom is 0.511 e. The van der Waals surface area contributed by atoms with E-state index in [9.17, 15) is 9.59 Å². The summed E-state index contributed by atoms with van der Waals surface area (Å²) in [6.07, 6.45) is 1.84. The first-order chi connectivity index (χ1) is 18.9. The number of pyridine rings is 1. The number of nitrogen functional groups attached to an aromatic ring is 2. The lowest BCUT2D eigenvalue weighted by molar-refractivity contribution is 0.143. The summed E-state index contributed by atoms with van der Waals surface area (Å²) >= 11 is 0. The molecule has 0 fully saturated rings. The van der Waals surface area contributed by atoms with Crippen molar-refractivity contribution in [1.82, 2.24) is 14.5 Å². The van der Waals surface area contributed by atoms with Crippen LogP contribution in [0, 0.1) is 11.8 Å². The highest BCUT2D eigenvalue weighted by Gasteiger charge is 2.20. The van der Waals surface area contributed by atoms with Gasteiger partial charge in [-0.2, -0.15) is 4.98 Å². The summed E-state index contributed by atoms with van der Waals surface area (Å²) in [7, 11) is 3.07. The number of hydrogen-bond donors (Lipinski definition) is 3. The van der Waals surface area contributed by atoms with Crippen molar-refractivity contribution >= 4 is 28.8 Å². The van der Waals surface area contributed by atoms with Crippen molar-refractivity contribution < 1.29 is 24.1 Å². The molecule has 0 saturated carbocycles. The Morgan fingerprint density at radius 3 is 2.45 bits per heavy atom. The molecule has 0 spiro atoms. The summed E-state index contributed by atoms with van der Waals surface area (Å²) < 4.78 is 17.7. The third-order valence-electron chi connectivity index (χ3n) is 6.08. The first-order valence-electron chi connectivity index (χ1n) is 12.2. The van der Waals surface area contributed by atoms with Gasteiger partial charge in [-0.25, -0.2) is 9.78 Å². The summed E-state index contributed by atoms with van der Waals surface area (Å²) in [4.78, 5) is 32.1. The van der Waals surface area contributed by atoms with E-state index in [0.717, 1.165) is 5.56 Å². The Morgan fingerprint density at radius 2 is 1.82 bits per heavy atom.